The monoisotopic (exact) mass is 350 g/mol. The number of unbranched alkanes of at least 4 members (excludes halogenated alkanes) is 1. The molecule has 1 aromatic heterocycles. The van der Waals surface area contributed by atoms with E-state index in [0.717, 1.165) is 12.8 Å². The van der Waals surface area contributed by atoms with Crippen LogP contribution in [-0.4, -0.2) is 29.0 Å². The Morgan fingerprint density at radius 1 is 1.25 bits per heavy atom. The lowest BCUT2D eigenvalue weighted by molar-refractivity contribution is 0.0440. The number of carbonyl (C=O) groups is 1. The summed E-state index contributed by atoms with van der Waals surface area (Å²) in [7, 11) is 0. The molecule has 24 heavy (non-hydrogen) atoms. The first-order chi connectivity index (χ1) is 11.6. The van der Waals surface area contributed by atoms with Crippen LogP contribution in [0, 0.1) is 0 Å². The van der Waals surface area contributed by atoms with Gasteiger partial charge in [0.1, 0.15) is 19.0 Å². The van der Waals surface area contributed by atoms with E-state index in [1.807, 2.05) is 6.92 Å². The highest BCUT2D eigenvalue weighted by atomic mass is 35.5. The molecule has 0 N–H and O–H groups in total. The molecule has 0 aliphatic heterocycles. The van der Waals surface area contributed by atoms with Crippen molar-refractivity contribution in [3.8, 4) is 5.75 Å². The van der Waals surface area contributed by atoms with Gasteiger partial charge in [-0.15, -0.1) is 0 Å². The Kier molecular flexibility index (Phi) is 6.81. The first-order valence-electron chi connectivity index (χ1n) is 7.74. The van der Waals surface area contributed by atoms with E-state index >= 15 is 0 Å². The summed E-state index contributed by atoms with van der Waals surface area (Å²) in [6, 6.07) is 9.64. The SMILES string of the molecule is CCCCn1nc(C(=O)OCCOc2cccc(Cl)c2)ccc1=O. The normalized spacial score (nSPS) is 10.4. The summed E-state index contributed by atoms with van der Waals surface area (Å²) in [6.45, 7) is 2.76. The Bertz CT molecular complexity index is 745. The van der Waals surface area contributed by atoms with Crippen LogP contribution < -0.4 is 10.3 Å². The first kappa shape index (κ1) is 18.0. The van der Waals surface area contributed by atoms with Crippen LogP contribution in [0.1, 0.15) is 30.3 Å². The van der Waals surface area contributed by atoms with Gasteiger partial charge in [-0.25, -0.2) is 9.48 Å². The average Bonchev–Trinajstić information content (AvgIpc) is 2.58. The molecule has 6 nitrogen and oxygen atoms in total. The Balaban J connectivity index is 1.85. The second kappa shape index (κ2) is 9.08. The molecule has 1 aromatic carbocycles. The molecule has 2 aromatic rings. The van der Waals surface area contributed by atoms with Gasteiger partial charge in [0.2, 0.25) is 0 Å². The maximum absolute atomic E-state index is 12.0. The topological polar surface area (TPSA) is 70.4 Å². The Morgan fingerprint density at radius 3 is 2.83 bits per heavy atom. The predicted molar refractivity (Wildman–Crippen MR) is 90.6 cm³/mol. The molecule has 128 valence electrons. The number of halogens is 1. The lowest BCUT2D eigenvalue weighted by atomic mass is 10.3. The van der Waals surface area contributed by atoms with Crippen LogP contribution in [0.25, 0.3) is 0 Å². The number of nitrogens with zero attached hydrogens (tertiary/aromatic N) is 2. The molecule has 0 amide bonds. The fraction of sp³-hybridized carbons (Fsp3) is 0.353. The van der Waals surface area contributed by atoms with Gasteiger partial charge in [0.25, 0.3) is 5.56 Å². The van der Waals surface area contributed by atoms with Crippen molar-refractivity contribution in [3.05, 3.63) is 57.5 Å². The van der Waals surface area contributed by atoms with E-state index in [9.17, 15) is 9.59 Å². The number of aryl methyl sites for hydroxylation is 1. The van der Waals surface area contributed by atoms with Gasteiger partial charge < -0.3 is 9.47 Å². The third kappa shape index (κ3) is 5.38. The molecule has 0 radical (unpaired) electrons. The Hall–Kier alpha value is -2.34. The minimum Gasteiger partial charge on any atom is -0.490 e. The molecule has 0 spiro atoms. The minimum atomic E-state index is -0.588. The predicted octanol–water partition coefficient (Wildman–Crippen LogP) is 2.93. The minimum absolute atomic E-state index is 0.0705. The van der Waals surface area contributed by atoms with Crippen molar-refractivity contribution in [2.45, 2.75) is 26.3 Å². The molecule has 0 aliphatic carbocycles. The van der Waals surface area contributed by atoms with Crippen molar-refractivity contribution in [1.29, 1.82) is 0 Å². The molecule has 0 fully saturated rings. The lowest BCUT2D eigenvalue weighted by Gasteiger charge is -2.08. The van der Waals surface area contributed by atoms with Crippen LogP contribution in [0.15, 0.2) is 41.2 Å². The molecule has 0 bridgehead atoms. The van der Waals surface area contributed by atoms with Crippen LogP contribution in [0.5, 0.6) is 5.75 Å². The molecule has 0 saturated heterocycles. The number of rotatable bonds is 8. The van der Waals surface area contributed by atoms with Crippen LogP contribution in [-0.2, 0) is 11.3 Å². The van der Waals surface area contributed by atoms with Gasteiger partial charge in [-0.1, -0.05) is 31.0 Å². The quantitative estimate of drug-likeness (QED) is 0.540. The van der Waals surface area contributed by atoms with Gasteiger partial charge in [-0.2, -0.15) is 5.10 Å². The summed E-state index contributed by atoms with van der Waals surface area (Å²) in [5.41, 5.74) is -0.127. The highest BCUT2D eigenvalue weighted by molar-refractivity contribution is 6.30. The number of ether oxygens (including phenoxy) is 2. The number of esters is 1. The largest absolute Gasteiger partial charge is 0.490 e. The van der Waals surface area contributed by atoms with Crippen molar-refractivity contribution in [3.63, 3.8) is 0 Å². The van der Waals surface area contributed by atoms with E-state index in [1.165, 1.54) is 16.8 Å². The zero-order chi connectivity index (χ0) is 17.4. The third-order valence-electron chi connectivity index (χ3n) is 3.18. The van der Waals surface area contributed by atoms with Gasteiger partial charge in [-0.05, 0) is 30.7 Å². The smallest absolute Gasteiger partial charge is 0.358 e. The molecule has 0 saturated carbocycles. The van der Waals surface area contributed by atoms with Crippen LogP contribution in [0.4, 0.5) is 0 Å². The van der Waals surface area contributed by atoms with E-state index in [0.29, 0.717) is 17.3 Å². The van der Waals surface area contributed by atoms with Gasteiger partial charge >= 0.3 is 5.97 Å². The van der Waals surface area contributed by atoms with Crippen molar-refractivity contribution >= 4 is 17.6 Å². The van der Waals surface area contributed by atoms with Gasteiger partial charge in [0.05, 0.1) is 0 Å². The van der Waals surface area contributed by atoms with E-state index < -0.39 is 5.97 Å². The summed E-state index contributed by atoms with van der Waals surface area (Å²) in [4.78, 5) is 23.6. The second-order valence-electron chi connectivity index (χ2n) is 5.08. The number of carbonyl (C=O) groups excluding carboxylic acids is 1. The molecule has 0 aliphatic rings. The summed E-state index contributed by atoms with van der Waals surface area (Å²) >= 11 is 5.85. The van der Waals surface area contributed by atoms with Crippen molar-refractivity contribution in [2.24, 2.45) is 0 Å². The number of hydrogen-bond donors (Lipinski definition) is 0. The van der Waals surface area contributed by atoms with E-state index in [1.54, 1.807) is 24.3 Å². The standard InChI is InChI=1S/C17H19ClN2O4/c1-2-3-9-20-16(21)8-7-15(19-20)17(22)24-11-10-23-14-6-4-5-13(18)12-14/h4-8,12H,2-3,9-11H2,1H3. The van der Waals surface area contributed by atoms with E-state index in [4.69, 9.17) is 21.1 Å². The number of aromatic nitrogens is 2. The second-order valence-corrected chi connectivity index (χ2v) is 5.51. The van der Waals surface area contributed by atoms with Gasteiger partial charge in [0, 0.05) is 17.6 Å². The summed E-state index contributed by atoms with van der Waals surface area (Å²) in [6.07, 6.45) is 1.75. The molecule has 7 heteroatoms. The lowest BCUT2D eigenvalue weighted by Crippen LogP contribution is -2.25. The number of hydrogen-bond acceptors (Lipinski definition) is 5. The van der Waals surface area contributed by atoms with Crippen molar-refractivity contribution in [1.82, 2.24) is 9.78 Å². The van der Waals surface area contributed by atoms with Crippen LogP contribution in [0.3, 0.4) is 0 Å². The van der Waals surface area contributed by atoms with E-state index in [2.05, 4.69) is 5.10 Å². The maximum atomic E-state index is 12.0. The van der Waals surface area contributed by atoms with Gasteiger partial charge in [0.15, 0.2) is 5.69 Å². The van der Waals surface area contributed by atoms with Crippen LogP contribution in [0.2, 0.25) is 5.02 Å². The fourth-order valence-corrected chi connectivity index (χ4v) is 2.13. The number of benzene rings is 1. The molecule has 0 atom stereocenters. The average molecular weight is 351 g/mol. The molecular formula is C17H19ClN2O4. The van der Waals surface area contributed by atoms with Crippen molar-refractivity contribution < 1.29 is 14.3 Å². The molecular weight excluding hydrogens is 332 g/mol. The highest BCUT2D eigenvalue weighted by Gasteiger charge is 2.11. The highest BCUT2D eigenvalue weighted by Crippen LogP contribution is 2.16. The molecule has 0 unspecified atom stereocenters. The Morgan fingerprint density at radius 2 is 2.08 bits per heavy atom. The summed E-state index contributed by atoms with van der Waals surface area (Å²) < 4.78 is 11.8. The molecule has 2 rings (SSSR count). The van der Waals surface area contributed by atoms with E-state index in [-0.39, 0.29) is 24.5 Å². The zero-order valence-electron chi connectivity index (χ0n) is 13.4. The fourth-order valence-electron chi connectivity index (χ4n) is 1.95. The summed E-state index contributed by atoms with van der Waals surface area (Å²) in [5.74, 6) is 0.0136. The van der Waals surface area contributed by atoms with Gasteiger partial charge in [-0.3, -0.25) is 4.79 Å². The zero-order valence-corrected chi connectivity index (χ0v) is 14.2. The third-order valence-corrected chi connectivity index (χ3v) is 3.42. The van der Waals surface area contributed by atoms with Crippen LogP contribution >= 0.6 is 11.6 Å². The Labute approximate surface area is 145 Å². The first-order valence-corrected chi connectivity index (χ1v) is 8.11. The molecule has 1 heterocycles. The maximum Gasteiger partial charge on any atom is 0.358 e. The summed E-state index contributed by atoms with van der Waals surface area (Å²) in [5, 5.41) is 4.60. The van der Waals surface area contributed by atoms with Crippen molar-refractivity contribution in [2.75, 3.05) is 13.2 Å².